The Bertz CT molecular complexity index is 1060. The summed E-state index contributed by atoms with van der Waals surface area (Å²) in [6.45, 7) is 3.54. The SMILES string of the molecule is COc1ccc2c(c1)C=NN(C(=O)C=C(C)C)C21C(=O)c2ccccc2C1=O. The van der Waals surface area contributed by atoms with E-state index in [9.17, 15) is 14.4 Å². The van der Waals surface area contributed by atoms with E-state index in [0.717, 1.165) is 10.6 Å². The summed E-state index contributed by atoms with van der Waals surface area (Å²) in [6, 6.07) is 11.6. The van der Waals surface area contributed by atoms with Crippen molar-refractivity contribution < 1.29 is 19.1 Å². The van der Waals surface area contributed by atoms with E-state index in [2.05, 4.69) is 5.10 Å². The first kappa shape index (κ1) is 17.9. The lowest BCUT2D eigenvalue weighted by Crippen LogP contribution is -2.56. The van der Waals surface area contributed by atoms with Gasteiger partial charge in [0.15, 0.2) is 0 Å². The molecule has 1 amide bonds. The normalized spacial score (nSPS) is 16.0. The van der Waals surface area contributed by atoms with Crippen molar-refractivity contribution in [2.45, 2.75) is 19.4 Å². The van der Waals surface area contributed by atoms with E-state index < -0.39 is 23.0 Å². The van der Waals surface area contributed by atoms with Gasteiger partial charge in [-0.3, -0.25) is 14.4 Å². The molecule has 1 heterocycles. The van der Waals surface area contributed by atoms with E-state index in [1.807, 2.05) is 0 Å². The monoisotopic (exact) mass is 374 g/mol. The van der Waals surface area contributed by atoms with Gasteiger partial charge >= 0.3 is 0 Å². The van der Waals surface area contributed by atoms with E-state index in [0.29, 0.717) is 28.0 Å². The van der Waals surface area contributed by atoms with Crippen LogP contribution in [0.5, 0.6) is 5.75 Å². The summed E-state index contributed by atoms with van der Waals surface area (Å²) in [6.07, 6.45) is 2.85. The summed E-state index contributed by atoms with van der Waals surface area (Å²) < 4.78 is 5.25. The van der Waals surface area contributed by atoms with E-state index in [4.69, 9.17) is 4.74 Å². The van der Waals surface area contributed by atoms with Crippen LogP contribution in [0.4, 0.5) is 0 Å². The van der Waals surface area contributed by atoms with E-state index in [1.165, 1.54) is 19.4 Å². The zero-order chi connectivity index (χ0) is 20.1. The molecule has 1 aliphatic heterocycles. The lowest BCUT2D eigenvalue weighted by molar-refractivity contribution is -0.130. The summed E-state index contributed by atoms with van der Waals surface area (Å²) in [5, 5.41) is 5.25. The van der Waals surface area contributed by atoms with Crippen molar-refractivity contribution in [3.8, 4) is 5.75 Å². The first-order valence-corrected chi connectivity index (χ1v) is 8.81. The van der Waals surface area contributed by atoms with Gasteiger partial charge in [-0.1, -0.05) is 35.9 Å². The Balaban J connectivity index is 2.02. The molecule has 0 unspecified atom stereocenters. The van der Waals surface area contributed by atoms with Crippen LogP contribution in [-0.2, 0) is 10.3 Å². The number of carbonyl (C=O) groups excluding carboxylic acids is 3. The predicted octanol–water partition coefficient (Wildman–Crippen LogP) is 3.11. The van der Waals surface area contributed by atoms with Crippen molar-refractivity contribution in [2.24, 2.45) is 5.10 Å². The number of amides is 1. The van der Waals surface area contributed by atoms with Gasteiger partial charge in [-0.25, -0.2) is 5.01 Å². The first-order chi connectivity index (χ1) is 13.4. The van der Waals surface area contributed by atoms with Crippen molar-refractivity contribution in [1.29, 1.82) is 0 Å². The number of benzene rings is 2. The van der Waals surface area contributed by atoms with Gasteiger partial charge in [-0.15, -0.1) is 0 Å². The third kappa shape index (κ3) is 2.27. The number of nitrogens with zero attached hydrogens (tertiary/aromatic N) is 2. The third-order valence-electron chi connectivity index (χ3n) is 4.97. The smallest absolute Gasteiger partial charge is 0.268 e. The van der Waals surface area contributed by atoms with Crippen molar-refractivity contribution in [3.63, 3.8) is 0 Å². The number of hydrogen-bond donors (Lipinski definition) is 0. The van der Waals surface area contributed by atoms with Gasteiger partial charge in [0, 0.05) is 28.3 Å². The van der Waals surface area contributed by atoms with Gasteiger partial charge in [0.1, 0.15) is 5.75 Å². The maximum absolute atomic E-state index is 13.6. The molecule has 2 aliphatic rings. The van der Waals surface area contributed by atoms with Crippen molar-refractivity contribution >= 4 is 23.7 Å². The fraction of sp³-hybridized carbons (Fsp3) is 0.182. The number of carbonyl (C=O) groups is 3. The second-order valence-electron chi connectivity index (χ2n) is 6.98. The van der Waals surface area contributed by atoms with E-state index in [-0.39, 0.29) is 0 Å². The van der Waals surface area contributed by atoms with Crippen LogP contribution >= 0.6 is 0 Å². The quantitative estimate of drug-likeness (QED) is 0.598. The van der Waals surface area contributed by atoms with Crippen LogP contribution in [0.2, 0.25) is 0 Å². The number of ether oxygens (including phenoxy) is 1. The zero-order valence-electron chi connectivity index (χ0n) is 15.7. The first-order valence-electron chi connectivity index (χ1n) is 8.81. The Kier molecular flexibility index (Phi) is 4.00. The largest absolute Gasteiger partial charge is 0.497 e. The Hall–Kier alpha value is -3.54. The van der Waals surface area contributed by atoms with Gasteiger partial charge in [0.25, 0.3) is 5.91 Å². The Morgan fingerprint density at radius 2 is 1.71 bits per heavy atom. The lowest BCUT2D eigenvalue weighted by atomic mass is 9.80. The summed E-state index contributed by atoms with van der Waals surface area (Å²) in [5.74, 6) is -0.856. The molecule has 0 bridgehead atoms. The Labute approximate surface area is 162 Å². The third-order valence-corrected chi connectivity index (χ3v) is 4.97. The standard InChI is InChI=1S/C22H18N2O4/c1-13(2)10-19(25)24-22(18-9-8-15(28-3)11-14(18)12-23-24)20(26)16-6-4-5-7-17(16)21(22)27/h4-12H,1-3H3. The van der Waals surface area contributed by atoms with Gasteiger partial charge in [-0.2, -0.15) is 5.10 Å². The van der Waals surface area contributed by atoms with Gasteiger partial charge in [0.2, 0.25) is 17.1 Å². The molecule has 0 N–H and O–H groups in total. The van der Waals surface area contributed by atoms with Gasteiger partial charge < -0.3 is 4.74 Å². The molecule has 6 nitrogen and oxygen atoms in total. The molecule has 0 saturated heterocycles. The number of hydrogen-bond acceptors (Lipinski definition) is 5. The predicted molar refractivity (Wildman–Crippen MR) is 104 cm³/mol. The maximum Gasteiger partial charge on any atom is 0.268 e. The molecule has 0 fully saturated rings. The molecule has 6 heteroatoms. The maximum atomic E-state index is 13.6. The molecular weight excluding hydrogens is 356 g/mol. The van der Waals surface area contributed by atoms with Gasteiger partial charge in [-0.05, 0) is 26.0 Å². The van der Waals surface area contributed by atoms with Crippen molar-refractivity contribution in [1.82, 2.24) is 5.01 Å². The Morgan fingerprint density at radius 1 is 1.07 bits per heavy atom. The van der Waals surface area contributed by atoms with Gasteiger partial charge in [0.05, 0.1) is 13.3 Å². The van der Waals surface area contributed by atoms with E-state index >= 15 is 0 Å². The fourth-order valence-electron chi connectivity index (χ4n) is 3.76. The molecule has 0 radical (unpaired) electrons. The molecule has 2 aromatic carbocycles. The van der Waals surface area contributed by atoms with Crippen molar-refractivity contribution in [2.75, 3.05) is 7.11 Å². The fourth-order valence-corrected chi connectivity index (χ4v) is 3.76. The van der Waals surface area contributed by atoms with Crippen LogP contribution in [0.1, 0.15) is 45.7 Å². The number of fused-ring (bicyclic) bond motifs is 3. The van der Waals surface area contributed by atoms with Crippen LogP contribution in [-0.4, -0.2) is 35.8 Å². The molecule has 1 spiro atoms. The minimum Gasteiger partial charge on any atom is -0.497 e. The molecular formula is C22H18N2O4. The highest BCUT2D eigenvalue weighted by molar-refractivity contribution is 6.34. The highest BCUT2D eigenvalue weighted by atomic mass is 16.5. The summed E-state index contributed by atoms with van der Waals surface area (Å²) in [7, 11) is 1.53. The minimum atomic E-state index is -1.84. The molecule has 0 aromatic heterocycles. The average Bonchev–Trinajstić information content (AvgIpc) is 2.90. The topological polar surface area (TPSA) is 76.0 Å². The molecule has 140 valence electrons. The summed E-state index contributed by atoms with van der Waals surface area (Å²) in [5.41, 5.74) is 0.470. The molecule has 0 atom stereocenters. The number of Topliss-reactive ketones (excluding diaryl/α,β-unsaturated/α-hetero) is 2. The Morgan fingerprint density at radius 3 is 2.29 bits per heavy atom. The highest BCUT2D eigenvalue weighted by Crippen LogP contribution is 2.46. The molecule has 0 saturated carbocycles. The molecule has 28 heavy (non-hydrogen) atoms. The second kappa shape index (κ2) is 6.27. The van der Waals surface area contributed by atoms with Crippen LogP contribution in [0.3, 0.4) is 0 Å². The zero-order valence-corrected chi connectivity index (χ0v) is 15.7. The summed E-state index contributed by atoms with van der Waals surface area (Å²) >= 11 is 0. The average molecular weight is 374 g/mol. The molecule has 1 aliphatic carbocycles. The highest BCUT2D eigenvalue weighted by Gasteiger charge is 2.61. The lowest BCUT2D eigenvalue weighted by Gasteiger charge is -2.38. The number of methoxy groups -OCH3 is 1. The number of allylic oxidation sites excluding steroid dienone is 1. The number of rotatable bonds is 2. The minimum absolute atomic E-state index is 0.293. The second-order valence-corrected chi connectivity index (χ2v) is 6.98. The van der Waals surface area contributed by atoms with Crippen LogP contribution in [0.15, 0.2) is 59.2 Å². The van der Waals surface area contributed by atoms with E-state index in [1.54, 1.807) is 56.3 Å². The van der Waals surface area contributed by atoms with Crippen LogP contribution in [0.25, 0.3) is 0 Å². The van der Waals surface area contributed by atoms with Crippen LogP contribution < -0.4 is 4.74 Å². The number of ketones is 2. The summed E-state index contributed by atoms with van der Waals surface area (Å²) in [4.78, 5) is 40.1. The molecule has 4 rings (SSSR count). The van der Waals surface area contributed by atoms with Crippen molar-refractivity contribution in [3.05, 3.63) is 76.4 Å². The number of hydrazone groups is 1. The van der Waals surface area contributed by atoms with Crippen LogP contribution in [0, 0.1) is 0 Å². The molecule has 2 aromatic rings.